The third-order valence-electron chi connectivity index (χ3n) is 3.84. The Kier molecular flexibility index (Phi) is 4.04. The zero-order valence-corrected chi connectivity index (χ0v) is 9.95. The Balaban J connectivity index is 1.86. The summed E-state index contributed by atoms with van der Waals surface area (Å²) in [5.41, 5.74) is 5.72. The topological polar surface area (TPSA) is 58.4 Å². The second-order valence-corrected chi connectivity index (χ2v) is 5.01. The summed E-state index contributed by atoms with van der Waals surface area (Å²) >= 11 is 0. The quantitative estimate of drug-likeness (QED) is 0.747. The van der Waals surface area contributed by atoms with Gasteiger partial charge in [-0.05, 0) is 32.1 Å². The number of nitrogens with two attached hydrogens (primary N) is 1. The molecule has 0 bridgehead atoms. The van der Waals surface area contributed by atoms with Crippen LogP contribution in [0.3, 0.4) is 0 Å². The highest BCUT2D eigenvalue weighted by molar-refractivity contribution is 5.75. The van der Waals surface area contributed by atoms with Crippen LogP contribution in [0, 0.1) is 0 Å². The summed E-state index contributed by atoms with van der Waals surface area (Å²) in [7, 11) is 0. The van der Waals surface area contributed by atoms with Gasteiger partial charge in [-0.25, -0.2) is 4.79 Å². The number of urea groups is 1. The highest BCUT2D eigenvalue weighted by Gasteiger charge is 2.27. The maximum Gasteiger partial charge on any atom is 0.317 e. The van der Waals surface area contributed by atoms with E-state index in [1.165, 1.54) is 19.3 Å². The second kappa shape index (κ2) is 5.53. The van der Waals surface area contributed by atoms with E-state index >= 15 is 0 Å². The number of likely N-dealkylation sites (tertiary alicyclic amines) is 1. The summed E-state index contributed by atoms with van der Waals surface area (Å²) < 4.78 is 0. The molecule has 0 aromatic rings. The molecule has 4 nitrogen and oxygen atoms in total. The monoisotopic (exact) mass is 225 g/mol. The van der Waals surface area contributed by atoms with E-state index < -0.39 is 0 Å². The number of hydrogen-bond acceptors (Lipinski definition) is 2. The van der Waals surface area contributed by atoms with Crippen molar-refractivity contribution in [3.63, 3.8) is 0 Å². The van der Waals surface area contributed by atoms with Crippen LogP contribution in [0.4, 0.5) is 4.79 Å². The maximum absolute atomic E-state index is 12.1. The normalized spacial score (nSPS) is 27.1. The van der Waals surface area contributed by atoms with E-state index in [1.54, 1.807) is 0 Å². The number of nitrogens with one attached hydrogen (secondary N) is 1. The number of rotatable bonds is 2. The molecule has 1 atom stereocenters. The zero-order chi connectivity index (χ0) is 11.4. The molecule has 0 aromatic heterocycles. The summed E-state index contributed by atoms with van der Waals surface area (Å²) in [5.74, 6) is 0. The van der Waals surface area contributed by atoms with Crippen LogP contribution in [0.2, 0.25) is 0 Å². The van der Waals surface area contributed by atoms with Crippen molar-refractivity contribution in [1.82, 2.24) is 10.2 Å². The van der Waals surface area contributed by atoms with Gasteiger partial charge in [-0.1, -0.05) is 12.8 Å². The molecule has 1 aliphatic heterocycles. The summed E-state index contributed by atoms with van der Waals surface area (Å²) in [6, 6.07) is 0.782. The zero-order valence-electron chi connectivity index (χ0n) is 9.95. The average Bonchev–Trinajstić information content (AvgIpc) is 2.81. The van der Waals surface area contributed by atoms with Gasteiger partial charge in [0.25, 0.3) is 0 Å². The number of hydrogen-bond donors (Lipinski definition) is 2. The number of piperidine rings is 1. The van der Waals surface area contributed by atoms with Crippen LogP contribution in [-0.4, -0.2) is 36.1 Å². The van der Waals surface area contributed by atoms with E-state index in [2.05, 4.69) is 5.32 Å². The lowest BCUT2D eigenvalue weighted by Crippen LogP contribution is -2.53. The van der Waals surface area contributed by atoms with Crippen molar-refractivity contribution in [2.45, 2.75) is 57.0 Å². The first-order valence-electron chi connectivity index (χ1n) is 6.58. The Morgan fingerprint density at radius 2 is 1.88 bits per heavy atom. The van der Waals surface area contributed by atoms with Crippen molar-refractivity contribution in [1.29, 1.82) is 0 Å². The number of carbonyl (C=O) groups is 1. The second-order valence-electron chi connectivity index (χ2n) is 5.01. The van der Waals surface area contributed by atoms with Gasteiger partial charge in [0.05, 0.1) is 0 Å². The van der Waals surface area contributed by atoms with Crippen molar-refractivity contribution >= 4 is 6.03 Å². The average molecular weight is 225 g/mol. The van der Waals surface area contributed by atoms with E-state index in [1.807, 2.05) is 4.90 Å². The van der Waals surface area contributed by atoms with Gasteiger partial charge in [0.2, 0.25) is 0 Å². The minimum absolute atomic E-state index is 0.113. The van der Waals surface area contributed by atoms with Gasteiger partial charge in [-0.15, -0.1) is 0 Å². The fraction of sp³-hybridized carbons (Fsp3) is 0.917. The Morgan fingerprint density at radius 3 is 2.56 bits per heavy atom. The molecule has 3 N–H and O–H groups in total. The molecule has 2 amide bonds. The Hall–Kier alpha value is -0.770. The van der Waals surface area contributed by atoms with Crippen LogP contribution in [-0.2, 0) is 0 Å². The van der Waals surface area contributed by atoms with Crippen LogP contribution in [0.15, 0.2) is 0 Å². The summed E-state index contributed by atoms with van der Waals surface area (Å²) in [5, 5.41) is 3.14. The predicted octanol–water partition coefficient (Wildman–Crippen LogP) is 1.45. The van der Waals surface area contributed by atoms with Crippen LogP contribution < -0.4 is 11.1 Å². The largest absolute Gasteiger partial charge is 0.335 e. The van der Waals surface area contributed by atoms with Crippen molar-refractivity contribution < 1.29 is 4.79 Å². The Bertz CT molecular complexity index is 238. The Morgan fingerprint density at radius 1 is 1.19 bits per heavy atom. The van der Waals surface area contributed by atoms with Crippen LogP contribution >= 0.6 is 0 Å². The first-order chi connectivity index (χ1) is 7.81. The minimum Gasteiger partial charge on any atom is -0.335 e. The molecule has 0 aromatic carbocycles. The molecular weight excluding hydrogens is 202 g/mol. The third-order valence-corrected chi connectivity index (χ3v) is 3.84. The Labute approximate surface area is 97.6 Å². The SMILES string of the molecule is NCC1CCCCN1C(=O)NC1CCCC1. The van der Waals surface area contributed by atoms with Crippen molar-refractivity contribution in [2.24, 2.45) is 5.73 Å². The number of nitrogens with zero attached hydrogens (tertiary/aromatic N) is 1. The highest BCUT2D eigenvalue weighted by atomic mass is 16.2. The molecule has 2 fully saturated rings. The molecule has 1 heterocycles. The van der Waals surface area contributed by atoms with Gasteiger partial charge in [0.1, 0.15) is 0 Å². The molecule has 1 aliphatic carbocycles. The fourth-order valence-electron chi connectivity index (χ4n) is 2.84. The molecule has 0 radical (unpaired) electrons. The lowest BCUT2D eigenvalue weighted by molar-refractivity contribution is 0.151. The summed E-state index contributed by atoms with van der Waals surface area (Å²) in [4.78, 5) is 14.0. The maximum atomic E-state index is 12.1. The van der Waals surface area contributed by atoms with Crippen molar-refractivity contribution in [3.05, 3.63) is 0 Å². The number of amides is 2. The highest BCUT2D eigenvalue weighted by Crippen LogP contribution is 2.20. The molecule has 2 rings (SSSR count). The van der Waals surface area contributed by atoms with Crippen LogP contribution in [0.5, 0.6) is 0 Å². The fourth-order valence-corrected chi connectivity index (χ4v) is 2.84. The standard InChI is InChI=1S/C12H23N3O/c13-9-11-7-3-4-8-15(11)12(16)14-10-5-1-2-6-10/h10-11H,1-9,13H2,(H,14,16). The van der Waals surface area contributed by atoms with Gasteiger partial charge in [0.15, 0.2) is 0 Å². The van der Waals surface area contributed by atoms with E-state index in [9.17, 15) is 4.79 Å². The summed E-state index contributed by atoms with van der Waals surface area (Å²) in [6.07, 6.45) is 8.19. The van der Waals surface area contributed by atoms with Gasteiger partial charge < -0.3 is 16.0 Å². The predicted molar refractivity (Wildman–Crippen MR) is 64.2 cm³/mol. The first-order valence-corrected chi connectivity index (χ1v) is 6.58. The molecule has 0 spiro atoms. The molecule has 2 aliphatic rings. The minimum atomic E-state index is 0.113. The molecule has 16 heavy (non-hydrogen) atoms. The van der Waals surface area contributed by atoms with Crippen LogP contribution in [0.1, 0.15) is 44.9 Å². The molecule has 92 valence electrons. The smallest absolute Gasteiger partial charge is 0.317 e. The molecule has 4 heteroatoms. The van der Waals surface area contributed by atoms with E-state index in [0.717, 1.165) is 32.2 Å². The lowest BCUT2D eigenvalue weighted by Gasteiger charge is -2.35. The van der Waals surface area contributed by atoms with Gasteiger partial charge >= 0.3 is 6.03 Å². The van der Waals surface area contributed by atoms with Crippen LogP contribution in [0.25, 0.3) is 0 Å². The summed E-state index contributed by atoms with van der Waals surface area (Å²) in [6.45, 7) is 1.47. The van der Waals surface area contributed by atoms with E-state index in [-0.39, 0.29) is 12.1 Å². The first kappa shape index (κ1) is 11.7. The molecule has 1 unspecified atom stereocenters. The van der Waals surface area contributed by atoms with Gasteiger partial charge in [0, 0.05) is 25.2 Å². The number of carbonyl (C=O) groups excluding carboxylic acids is 1. The lowest BCUT2D eigenvalue weighted by atomic mass is 10.0. The third kappa shape index (κ3) is 2.67. The van der Waals surface area contributed by atoms with Crippen molar-refractivity contribution in [3.8, 4) is 0 Å². The molecule has 1 saturated carbocycles. The van der Waals surface area contributed by atoms with Crippen molar-refractivity contribution in [2.75, 3.05) is 13.1 Å². The molecular formula is C12H23N3O. The van der Waals surface area contributed by atoms with E-state index in [4.69, 9.17) is 5.73 Å². The van der Waals surface area contributed by atoms with E-state index in [0.29, 0.717) is 12.6 Å². The van der Waals surface area contributed by atoms with Gasteiger partial charge in [-0.3, -0.25) is 0 Å². The van der Waals surface area contributed by atoms with Gasteiger partial charge in [-0.2, -0.15) is 0 Å². The molecule has 1 saturated heterocycles.